The van der Waals surface area contributed by atoms with Crippen molar-refractivity contribution in [1.29, 1.82) is 0 Å². The van der Waals surface area contributed by atoms with Crippen molar-refractivity contribution >= 4 is 23.2 Å². The van der Waals surface area contributed by atoms with E-state index in [0.717, 1.165) is 32.5 Å². The molecular formula is C16H23N5OS. The summed E-state index contributed by atoms with van der Waals surface area (Å²) < 4.78 is 1.86. The number of amides is 2. The minimum Gasteiger partial charge on any atom is -0.317 e. The normalized spacial score (nSPS) is 17.9. The number of thiophene rings is 1. The number of likely N-dealkylation sites (N-methyl/N-ethyl adjacent to an activating group) is 1. The SMILES string of the molecule is CN(C)CCn1ccc(NC(=O)N2CCCC2c2cccs2)n1. The van der Waals surface area contributed by atoms with E-state index in [1.165, 1.54) is 4.88 Å². The minimum absolute atomic E-state index is 0.0567. The third-order valence-corrected chi connectivity index (χ3v) is 5.01. The molecule has 0 saturated carbocycles. The molecule has 3 rings (SSSR count). The number of aromatic nitrogens is 2. The highest BCUT2D eigenvalue weighted by molar-refractivity contribution is 7.10. The van der Waals surface area contributed by atoms with Gasteiger partial charge in [0, 0.05) is 30.2 Å². The lowest BCUT2D eigenvalue weighted by Crippen LogP contribution is -2.34. The molecule has 23 heavy (non-hydrogen) atoms. The molecule has 1 unspecified atom stereocenters. The average Bonchev–Trinajstić information content (AvgIpc) is 3.25. The second kappa shape index (κ2) is 7.14. The Hall–Kier alpha value is -1.86. The van der Waals surface area contributed by atoms with E-state index in [9.17, 15) is 4.79 Å². The Balaban J connectivity index is 1.60. The molecule has 0 radical (unpaired) electrons. The summed E-state index contributed by atoms with van der Waals surface area (Å²) in [5, 5.41) is 9.41. The Morgan fingerprint density at radius 3 is 3.09 bits per heavy atom. The van der Waals surface area contributed by atoms with E-state index in [-0.39, 0.29) is 12.1 Å². The largest absolute Gasteiger partial charge is 0.323 e. The van der Waals surface area contributed by atoms with Crippen molar-refractivity contribution in [2.75, 3.05) is 32.5 Å². The van der Waals surface area contributed by atoms with Gasteiger partial charge in [0.1, 0.15) is 0 Å². The number of hydrogen-bond donors (Lipinski definition) is 1. The van der Waals surface area contributed by atoms with Crippen molar-refractivity contribution in [3.8, 4) is 0 Å². The average molecular weight is 333 g/mol. The van der Waals surface area contributed by atoms with Crippen LogP contribution in [0.15, 0.2) is 29.8 Å². The molecule has 1 aliphatic rings. The predicted molar refractivity (Wildman–Crippen MR) is 92.8 cm³/mol. The smallest absolute Gasteiger partial charge is 0.317 e. The van der Waals surface area contributed by atoms with Crippen LogP contribution in [0.4, 0.5) is 10.6 Å². The van der Waals surface area contributed by atoms with Gasteiger partial charge in [0.05, 0.1) is 12.6 Å². The number of likely N-dealkylation sites (tertiary alicyclic amines) is 1. The molecule has 2 aromatic heterocycles. The fourth-order valence-corrected chi connectivity index (χ4v) is 3.70. The van der Waals surface area contributed by atoms with E-state index in [1.54, 1.807) is 11.3 Å². The summed E-state index contributed by atoms with van der Waals surface area (Å²) in [6.45, 7) is 2.53. The number of hydrogen-bond acceptors (Lipinski definition) is 4. The van der Waals surface area contributed by atoms with Gasteiger partial charge in [-0.2, -0.15) is 5.10 Å². The molecule has 1 atom stereocenters. The minimum atomic E-state index is -0.0567. The van der Waals surface area contributed by atoms with E-state index in [4.69, 9.17) is 0 Å². The summed E-state index contributed by atoms with van der Waals surface area (Å²) in [4.78, 5) is 17.8. The maximum absolute atomic E-state index is 12.6. The molecule has 1 N–H and O–H groups in total. The van der Waals surface area contributed by atoms with Crippen molar-refractivity contribution in [2.45, 2.75) is 25.4 Å². The van der Waals surface area contributed by atoms with Crippen LogP contribution in [0.25, 0.3) is 0 Å². The Bertz CT molecular complexity index is 637. The van der Waals surface area contributed by atoms with E-state index in [2.05, 4.69) is 26.8 Å². The molecule has 0 aliphatic carbocycles. The third kappa shape index (κ3) is 3.92. The summed E-state index contributed by atoms with van der Waals surface area (Å²) in [5.74, 6) is 0.616. The van der Waals surface area contributed by atoms with Gasteiger partial charge in [-0.15, -0.1) is 11.3 Å². The summed E-state index contributed by atoms with van der Waals surface area (Å²) in [6.07, 6.45) is 3.98. The van der Waals surface area contributed by atoms with Crippen LogP contribution in [0.2, 0.25) is 0 Å². The zero-order valence-corrected chi connectivity index (χ0v) is 14.4. The van der Waals surface area contributed by atoms with Crippen molar-refractivity contribution < 1.29 is 4.79 Å². The van der Waals surface area contributed by atoms with Crippen LogP contribution in [-0.2, 0) is 6.54 Å². The van der Waals surface area contributed by atoms with Gasteiger partial charge in [-0.1, -0.05) is 6.07 Å². The van der Waals surface area contributed by atoms with Crippen LogP contribution in [0.5, 0.6) is 0 Å². The topological polar surface area (TPSA) is 53.4 Å². The Kier molecular flexibility index (Phi) is 4.97. The summed E-state index contributed by atoms with van der Waals surface area (Å²) >= 11 is 1.71. The van der Waals surface area contributed by atoms with E-state index in [0.29, 0.717) is 5.82 Å². The lowest BCUT2D eigenvalue weighted by atomic mass is 10.2. The standard InChI is InChI=1S/C16H23N5OS/c1-19(2)10-11-20-9-7-15(18-20)17-16(22)21-8-3-5-13(21)14-6-4-12-23-14/h4,6-7,9,12-13H,3,5,8,10-11H2,1-2H3,(H,17,18,22). The first-order chi connectivity index (χ1) is 11.1. The highest BCUT2D eigenvalue weighted by Gasteiger charge is 2.30. The van der Waals surface area contributed by atoms with Gasteiger partial charge in [0.15, 0.2) is 5.82 Å². The molecule has 1 aliphatic heterocycles. The zero-order chi connectivity index (χ0) is 16.2. The molecule has 1 fully saturated rings. The van der Waals surface area contributed by atoms with Crippen molar-refractivity contribution in [3.05, 3.63) is 34.7 Å². The number of nitrogens with one attached hydrogen (secondary N) is 1. The number of anilines is 1. The molecular weight excluding hydrogens is 310 g/mol. The van der Waals surface area contributed by atoms with E-state index < -0.39 is 0 Å². The fraction of sp³-hybridized carbons (Fsp3) is 0.500. The highest BCUT2D eigenvalue weighted by Crippen LogP contribution is 2.34. The molecule has 2 amide bonds. The van der Waals surface area contributed by atoms with Gasteiger partial charge in [-0.3, -0.25) is 10.00 Å². The maximum atomic E-state index is 12.6. The number of carbonyl (C=O) groups is 1. The number of rotatable bonds is 5. The van der Waals surface area contributed by atoms with Crippen LogP contribution >= 0.6 is 11.3 Å². The summed E-state index contributed by atoms with van der Waals surface area (Å²) in [7, 11) is 4.06. The Labute approximate surface area is 140 Å². The van der Waals surface area contributed by atoms with Gasteiger partial charge in [-0.05, 0) is 38.4 Å². The van der Waals surface area contributed by atoms with Gasteiger partial charge in [-0.25, -0.2) is 4.79 Å². The molecule has 124 valence electrons. The molecule has 0 aromatic carbocycles. The van der Waals surface area contributed by atoms with Crippen LogP contribution in [0, 0.1) is 0 Å². The fourth-order valence-electron chi connectivity index (χ4n) is 2.82. The van der Waals surface area contributed by atoms with Crippen LogP contribution in [0.3, 0.4) is 0 Å². The van der Waals surface area contributed by atoms with Crippen LogP contribution in [-0.4, -0.2) is 52.8 Å². The molecule has 0 spiro atoms. The Morgan fingerprint density at radius 2 is 2.35 bits per heavy atom. The maximum Gasteiger partial charge on any atom is 0.323 e. The van der Waals surface area contributed by atoms with Crippen molar-refractivity contribution in [3.63, 3.8) is 0 Å². The molecule has 3 heterocycles. The van der Waals surface area contributed by atoms with Gasteiger partial charge in [0.25, 0.3) is 0 Å². The first-order valence-corrected chi connectivity index (χ1v) is 8.80. The van der Waals surface area contributed by atoms with Crippen molar-refractivity contribution in [2.24, 2.45) is 0 Å². The number of carbonyl (C=O) groups excluding carboxylic acids is 1. The lowest BCUT2D eigenvalue weighted by molar-refractivity contribution is 0.207. The Morgan fingerprint density at radius 1 is 1.48 bits per heavy atom. The molecule has 1 saturated heterocycles. The first kappa shape index (κ1) is 16.0. The van der Waals surface area contributed by atoms with Gasteiger partial charge < -0.3 is 9.80 Å². The quantitative estimate of drug-likeness (QED) is 0.915. The van der Waals surface area contributed by atoms with Crippen LogP contribution < -0.4 is 5.32 Å². The second-order valence-corrected chi connectivity index (χ2v) is 7.04. The summed E-state index contributed by atoms with van der Waals surface area (Å²) in [6, 6.07) is 6.14. The monoisotopic (exact) mass is 333 g/mol. The summed E-state index contributed by atoms with van der Waals surface area (Å²) in [5.41, 5.74) is 0. The highest BCUT2D eigenvalue weighted by atomic mass is 32.1. The van der Waals surface area contributed by atoms with Gasteiger partial charge >= 0.3 is 6.03 Å². The molecule has 0 bridgehead atoms. The third-order valence-electron chi connectivity index (χ3n) is 4.04. The van der Waals surface area contributed by atoms with Crippen molar-refractivity contribution in [1.82, 2.24) is 19.6 Å². The number of nitrogens with zero attached hydrogens (tertiary/aromatic N) is 4. The molecule has 7 heteroatoms. The molecule has 2 aromatic rings. The predicted octanol–water partition coefficient (Wildman–Crippen LogP) is 2.88. The zero-order valence-electron chi connectivity index (χ0n) is 13.6. The lowest BCUT2D eigenvalue weighted by Gasteiger charge is -2.23. The number of urea groups is 1. The second-order valence-electron chi connectivity index (χ2n) is 6.06. The van der Waals surface area contributed by atoms with E-state index >= 15 is 0 Å². The molecule has 6 nitrogen and oxygen atoms in total. The van der Waals surface area contributed by atoms with Gasteiger partial charge in [0.2, 0.25) is 0 Å². The first-order valence-electron chi connectivity index (χ1n) is 7.92. The van der Waals surface area contributed by atoms with Crippen LogP contribution in [0.1, 0.15) is 23.8 Å². The van der Waals surface area contributed by atoms with E-state index in [1.807, 2.05) is 42.0 Å².